The van der Waals surface area contributed by atoms with Crippen LogP contribution < -0.4 is 10.6 Å². The third-order valence-corrected chi connectivity index (χ3v) is 4.17. The Morgan fingerprint density at radius 3 is 2.74 bits per heavy atom. The van der Waals surface area contributed by atoms with E-state index >= 15 is 0 Å². The highest BCUT2D eigenvalue weighted by molar-refractivity contribution is 5.19. The fraction of sp³-hybridized carbons (Fsp3) is 0.857. The molecule has 2 aliphatic rings. The fourth-order valence-corrected chi connectivity index (χ4v) is 2.71. The molecule has 19 heavy (non-hydrogen) atoms. The van der Waals surface area contributed by atoms with Crippen LogP contribution in [0.3, 0.4) is 0 Å². The summed E-state index contributed by atoms with van der Waals surface area (Å²) in [4.78, 5) is 0. The van der Waals surface area contributed by atoms with E-state index < -0.39 is 0 Å². The Labute approximate surface area is 114 Å². The lowest BCUT2D eigenvalue weighted by atomic mass is 10.0. The summed E-state index contributed by atoms with van der Waals surface area (Å²) in [6, 6.07) is 1.76. The molecule has 0 spiro atoms. The molecule has 3 rings (SSSR count). The zero-order valence-corrected chi connectivity index (χ0v) is 11.7. The van der Waals surface area contributed by atoms with Crippen LogP contribution in [0.2, 0.25) is 0 Å². The maximum Gasteiger partial charge on any atom is 0.315 e. The number of rotatable bonds is 5. The van der Waals surface area contributed by atoms with Crippen LogP contribution in [0.4, 0.5) is 6.01 Å². The van der Waals surface area contributed by atoms with Crippen molar-refractivity contribution < 1.29 is 4.42 Å². The SMILES string of the molecule is CC1CCCC(Nc2nnc(CNC3CC3)o2)CC1. The van der Waals surface area contributed by atoms with Crippen molar-refractivity contribution in [2.45, 2.75) is 70.5 Å². The van der Waals surface area contributed by atoms with Crippen LogP contribution in [0.15, 0.2) is 4.42 Å². The molecule has 2 saturated carbocycles. The standard InChI is InChI=1S/C14H24N4O/c1-10-3-2-4-12(6-5-10)16-14-18-17-13(19-14)9-15-11-7-8-11/h10-12,15H,2-9H2,1H3,(H,16,18). The Bertz CT molecular complexity index is 402. The largest absolute Gasteiger partial charge is 0.407 e. The molecule has 1 heterocycles. The van der Waals surface area contributed by atoms with E-state index in [1.54, 1.807) is 0 Å². The van der Waals surface area contributed by atoms with Crippen molar-refractivity contribution >= 4 is 6.01 Å². The van der Waals surface area contributed by atoms with E-state index in [1.807, 2.05) is 0 Å². The quantitative estimate of drug-likeness (QED) is 0.801. The van der Waals surface area contributed by atoms with Gasteiger partial charge >= 0.3 is 6.01 Å². The molecule has 106 valence electrons. The zero-order chi connectivity index (χ0) is 13.1. The van der Waals surface area contributed by atoms with Crippen LogP contribution >= 0.6 is 0 Å². The lowest BCUT2D eigenvalue weighted by molar-refractivity contribution is 0.465. The molecule has 0 radical (unpaired) electrons. The van der Waals surface area contributed by atoms with E-state index in [0.29, 0.717) is 30.5 Å². The van der Waals surface area contributed by atoms with Crippen molar-refractivity contribution in [3.05, 3.63) is 5.89 Å². The van der Waals surface area contributed by atoms with Crippen molar-refractivity contribution in [1.82, 2.24) is 15.5 Å². The molecule has 0 aliphatic heterocycles. The van der Waals surface area contributed by atoms with E-state index in [9.17, 15) is 0 Å². The summed E-state index contributed by atoms with van der Waals surface area (Å²) in [7, 11) is 0. The van der Waals surface area contributed by atoms with E-state index in [1.165, 1.54) is 44.9 Å². The van der Waals surface area contributed by atoms with Crippen molar-refractivity contribution in [3.63, 3.8) is 0 Å². The van der Waals surface area contributed by atoms with Gasteiger partial charge in [-0.2, -0.15) is 0 Å². The molecule has 0 bridgehead atoms. The number of nitrogens with one attached hydrogen (secondary N) is 2. The summed E-state index contributed by atoms with van der Waals surface area (Å²) in [5.41, 5.74) is 0. The zero-order valence-electron chi connectivity index (χ0n) is 11.7. The molecule has 1 aromatic heterocycles. The average Bonchev–Trinajstić information content (AvgIpc) is 3.16. The molecule has 2 fully saturated rings. The second-order valence-corrected chi connectivity index (χ2v) is 6.11. The summed E-state index contributed by atoms with van der Waals surface area (Å²) >= 11 is 0. The van der Waals surface area contributed by atoms with Crippen molar-refractivity contribution in [1.29, 1.82) is 0 Å². The molecular weight excluding hydrogens is 240 g/mol. The molecule has 0 saturated heterocycles. The van der Waals surface area contributed by atoms with Crippen LogP contribution in [-0.2, 0) is 6.54 Å². The predicted octanol–water partition coefficient (Wildman–Crippen LogP) is 2.70. The molecule has 5 nitrogen and oxygen atoms in total. The van der Waals surface area contributed by atoms with Crippen molar-refractivity contribution in [2.75, 3.05) is 5.32 Å². The maximum absolute atomic E-state index is 5.64. The van der Waals surface area contributed by atoms with E-state index in [2.05, 4.69) is 27.8 Å². The minimum Gasteiger partial charge on any atom is -0.407 e. The van der Waals surface area contributed by atoms with Gasteiger partial charge in [0.1, 0.15) is 0 Å². The Hall–Kier alpha value is -1.10. The Balaban J connectivity index is 1.48. The van der Waals surface area contributed by atoms with Gasteiger partial charge in [0.25, 0.3) is 0 Å². The van der Waals surface area contributed by atoms with Gasteiger partial charge in [-0.05, 0) is 38.0 Å². The van der Waals surface area contributed by atoms with E-state index in [0.717, 1.165) is 5.92 Å². The van der Waals surface area contributed by atoms with Gasteiger partial charge < -0.3 is 15.1 Å². The first-order valence-electron chi connectivity index (χ1n) is 7.62. The first kappa shape index (κ1) is 12.9. The van der Waals surface area contributed by atoms with Crippen LogP contribution in [0.1, 0.15) is 57.8 Å². The minimum absolute atomic E-state index is 0.495. The molecule has 2 aliphatic carbocycles. The summed E-state index contributed by atoms with van der Waals surface area (Å²) in [6.07, 6.45) is 8.91. The predicted molar refractivity (Wildman–Crippen MR) is 73.8 cm³/mol. The second-order valence-electron chi connectivity index (χ2n) is 6.11. The number of hydrogen-bond donors (Lipinski definition) is 2. The second kappa shape index (κ2) is 5.90. The molecular formula is C14H24N4O. The summed E-state index contributed by atoms with van der Waals surface area (Å²) in [5.74, 6) is 1.55. The molecule has 0 amide bonds. The van der Waals surface area contributed by atoms with Gasteiger partial charge in [0.2, 0.25) is 5.89 Å². The number of nitrogens with zero attached hydrogens (tertiary/aromatic N) is 2. The molecule has 1 aromatic rings. The Morgan fingerprint density at radius 2 is 1.89 bits per heavy atom. The van der Waals surface area contributed by atoms with E-state index in [-0.39, 0.29) is 0 Å². The fourth-order valence-electron chi connectivity index (χ4n) is 2.71. The molecule has 0 aromatic carbocycles. The third kappa shape index (κ3) is 3.93. The monoisotopic (exact) mass is 264 g/mol. The maximum atomic E-state index is 5.64. The molecule has 2 N–H and O–H groups in total. The first-order valence-corrected chi connectivity index (χ1v) is 7.62. The van der Waals surface area contributed by atoms with Gasteiger partial charge in [0, 0.05) is 12.1 Å². The van der Waals surface area contributed by atoms with Crippen LogP contribution in [0.5, 0.6) is 0 Å². The van der Waals surface area contributed by atoms with Crippen LogP contribution in [0.25, 0.3) is 0 Å². The van der Waals surface area contributed by atoms with Gasteiger partial charge in [-0.1, -0.05) is 24.9 Å². The van der Waals surface area contributed by atoms with Crippen molar-refractivity contribution in [2.24, 2.45) is 5.92 Å². The highest BCUT2D eigenvalue weighted by Crippen LogP contribution is 2.25. The number of aromatic nitrogens is 2. The first-order chi connectivity index (χ1) is 9.29. The summed E-state index contributed by atoms with van der Waals surface area (Å²) in [6.45, 7) is 3.04. The Morgan fingerprint density at radius 1 is 1.05 bits per heavy atom. The highest BCUT2D eigenvalue weighted by Gasteiger charge is 2.22. The van der Waals surface area contributed by atoms with Gasteiger partial charge in [-0.15, -0.1) is 5.10 Å². The lowest BCUT2D eigenvalue weighted by Crippen LogP contribution is -2.18. The average molecular weight is 264 g/mol. The summed E-state index contributed by atoms with van der Waals surface area (Å²) < 4.78 is 5.64. The lowest BCUT2D eigenvalue weighted by Gasteiger charge is -2.13. The highest BCUT2D eigenvalue weighted by atomic mass is 16.4. The van der Waals surface area contributed by atoms with Crippen LogP contribution in [0, 0.1) is 5.92 Å². The van der Waals surface area contributed by atoms with Gasteiger partial charge in [0.05, 0.1) is 6.54 Å². The van der Waals surface area contributed by atoms with E-state index in [4.69, 9.17) is 4.42 Å². The normalized spacial score (nSPS) is 28.1. The van der Waals surface area contributed by atoms with Crippen LogP contribution in [-0.4, -0.2) is 22.3 Å². The molecule has 2 unspecified atom stereocenters. The van der Waals surface area contributed by atoms with Gasteiger partial charge in [-0.25, -0.2) is 0 Å². The molecule has 5 heteroatoms. The Kier molecular flexibility index (Phi) is 4.01. The smallest absolute Gasteiger partial charge is 0.315 e. The number of anilines is 1. The number of hydrogen-bond acceptors (Lipinski definition) is 5. The molecule has 2 atom stereocenters. The summed E-state index contributed by atoms with van der Waals surface area (Å²) in [5, 5.41) is 14.9. The van der Waals surface area contributed by atoms with Gasteiger partial charge in [-0.3, -0.25) is 0 Å². The van der Waals surface area contributed by atoms with Crippen molar-refractivity contribution in [3.8, 4) is 0 Å². The third-order valence-electron chi connectivity index (χ3n) is 4.17. The topological polar surface area (TPSA) is 63.0 Å². The van der Waals surface area contributed by atoms with Gasteiger partial charge in [0.15, 0.2) is 0 Å². The minimum atomic E-state index is 0.495.